The molecule has 142 valence electrons. The smallest absolute Gasteiger partial charge is 0.247 e. The van der Waals surface area contributed by atoms with Crippen LogP contribution < -0.4 is 9.21 Å². The third-order valence-corrected chi connectivity index (χ3v) is 5.79. The Hall–Kier alpha value is -2.67. The molecule has 0 bridgehead atoms. The van der Waals surface area contributed by atoms with Gasteiger partial charge in [-0.1, -0.05) is 18.2 Å². The highest BCUT2D eigenvalue weighted by Crippen LogP contribution is 2.27. The van der Waals surface area contributed by atoms with E-state index in [0.29, 0.717) is 17.8 Å². The number of aryl methyl sites for hydroxylation is 1. The first-order chi connectivity index (χ1) is 12.8. The molecular formula is C20H22N2O4S. The van der Waals surface area contributed by atoms with Gasteiger partial charge in [-0.2, -0.15) is 0 Å². The molecule has 6 nitrogen and oxygen atoms in total. The topological polar surface area (TPSA) is 74.8 Å². The molecule has 0 aliphatic carbocycles. The lowest BCUT2D eigenvalue weighted by Crippen LogP contribution is -2.44. The molecule has 27 heavy (non-hydrogen) atoms. The molecule has 0 aromatic heterocycles. The normalized spacial score (nSPS) is 13.8. The molecule has 1 heterocycles. The van der Waals surface area contributed by atoms with Crippen molar-refractivity contribution in [2.45, 2.75) is 19.8 Å². The van der Waals surface area contributed by atoms with Crippen LogP contribution in [0.4, 0.5) is 11.4 Å². The fraction of sp³-hybridized carbons (Fsp3) is 0.300. The van der Waals surface area contributed by atoms with Gasteiger partial charge in [0.25, 0.3) is 0 Å². The molecule has 0 atom stereocenters. The zero-order valence-corrected chi connectivity index (χ0v) is 16.2. The first-order valence-corrected chi connectivity index (χ1v) is 10.6. The summed E-state index contributed by atoms with van der Waals surface area (Å²) < 4.78 is 25.7. The van der Waals surface area contributed by atoms with Gasteiger partial charge in [0.15, 0.2) is 5.78 Å². The Morgan fingerprint density at radius 3 is 2.37 bits per heavy atom. The van der Waals surface area contributed by atoms with Crippen molar-refractivity contribution in [3.63, 3.8) is 0 Å². The number of benzene rings is 2. The van der Waals surface area contributed by atoms with Gasteiger partial charge in [-0.15, -0.1) is 0 Å². The molecule has 1 amide bonds. The summed E-state index contributed by atoms with van der Waals surface area (Å²) in [7, 11) is -3.66. The summed E-state index contributed by atoms with van der Waals surface area (Å²) in [6.07, 6.45) is 2.82. The number of Topliss-reactive ketones (excluding diaryl/α,β-unsaturated/α-hetero) is 1. The molecular weight excluding hydrogens is 364 g/mol. The lowest BCUT2D eigenvalue weighted by atomic mass is 10.0. The van der Waals surface area contributed by atoms with E-state index in [1.165, 1.54) is 6.92 Å². The Balaban J connectivity index is 1.88. The third-order valence-electron chi connectivity index (χ3n) is 4.65. The highest BCUT2D eigenvalue weighted by molar-refractivity contribution is 7.92. The lowest BCUT2D eigenvalue weighted by molar-refractivity contribution is -0.117. The fourth-order valence-electron chi connectivity index (χ4n) is 3.26. The molecule has 1 aliphatic heterocycles. The summed E-state index contributed by atoms with van der Waals surface area (Å²) in [5.41, 5.74) is 2.78. The Labute approximate surface area is 159 Å². The van der Waals surface area contributed by atoms with Crippen LogP contribution in [0.2, 0.25) is 0 Å². The van der Waals surface area contributed by atoms with Gasteiger partial charge in [0.1, 0.15) is 6.54 Å². The predicted molar refractivity (Wildman–Crippen MR) is 106 cm³/mol. The summed E-state index contributed by atoms with van der Waals surface area (Å²) in [4.78, 5) is 26.0. The second-order valence-electron chi connectivity index (χ2n) is 6.65. The van der Waals surface area contributed by atoms with Crippen molar-refractivity contribution in [3.8, 4) is 0 Å². The van der Waals surface area contributed by atoms with Crippen LogP contribution in [0, 0.1) is 0 Å². The van der Waals surface area contributed by atoms with Gasteiger partial charge in [-0.25, -0.2) is 8.42 Å². The maximum atomic E-state index is 12.9. The highest BCUT2D eigenvalue weighted by atomic mass is 32.2. The van der Waals surface area contributed by atoms with Crippen molar-refractivity contribution in [1.82, 2.24) is 0 Å². The first-order valence-electron chi connectivity index (χ1n) is 8.74. The number of anilines is 2. The molecule has 0 radical (unpaired) electrons. The number of ketones is 1. The number of hydrogen-bond donors (Lipinski definition) is 0. The molecule has 0 saturated heterocycles. The van der Waals surface area contributed by atoms with E-state index in [-0.39, 0.29) is 18.2 Å². The second-order valence-corrected chi connectivity index (χ2v) is 8.56. The minimum Gasteiger partial charge on any atom is -0.311 e. The molecule has 0 spiro atoms. The second kappa shape index (κ2) is 7.52. The van der Waals surface area contributed by atoms with Crippen molar-refractivity contribution in [1.29, 1.82) is 0 Å². The first kappa shape index (κ1) is 19.1. The van der Waals surface area contributed by atoms with E-state index in [1.807, 2.05) is 24.3 Å². The van der Waals surface area contributed by atoms with Crippen molar-refractivity contribution >= 4 is 33.1 Å². The highest BCUT2D eigenvalue weighted by Gasteiger charge is 2.27. The average molecular weight is 386 g/mol. The number of carbonyl (C=O) groups is 2. The average Bonchev–Trinajstić information content (AvgIpc) is 2.64. The van der Waals surface area contributed by atoms with Gasteiger partial charge >= 0.3 is 0 Å². The summed E-state index contributed by atoms with van der Waals surface area (Å²) in [6, 6.07) is 13.9. The van der Waals surface area contributed by atoms with Crippen LogP contribution in [0.5, 0.6) is 0 Å². The number of rotatable bonds is 5. The Bertz CT molecular complexity index is 968. The van der Waals surface area contributed by atoms with Gasteiger partial charge in [-0.05, 0) is 55.7 Å². The Morgan fingerprint density at radius 1 is 1.07 bits per heavy atom. The van der Waals surface area contributed by atoms with Gasteiger partial charge in [0.05, 0.1) is 11.9 Å². The summed E-state index contributed by atoms with van der Waals surface area (Å²) in [6.45, 7) is 1.73. The number of hydrogen-bond acceptors (Lipinski definition) is 4. The van der Waals surface area contributed by atoms with Crippen LogP contribution in [0.25, 0.3) is 0 Å². The van der Waals surface area contributed by atoms with Crippen LogP contribution in [0.15, 0.2) is 48.5 Å². The predicted octanol–water partition coefficient (Wildman–Crippen LogP) is 2.63. The molecule has 2 aromatic carbocycles. The number of nitrogens with zero attached hydrogens (tertiary/aromatic N) is 2. The lowest BCUT2D eigenvalue weighted by Gasteiger charge is -2.31. The summed E-state index contributed by atoms with van der Waals surface area (Å²) >= 11 is 0. The fourth-order valence-corrected chi connectivity index (χ4v) is 4.11. The maximum absolute atomic E-state index is 12.9. The van der Waals surface area contributed by atoms with Crippen LogP contribution in [-0.4, -0.2) is 39.5 Å². The Morgan fingerprint density at radius 2 is 1.74 bits per heavy atom. The molecule has 2 aromatic rings. The molecule has 0 fully saturated rings. The van der Waals surface area contributed by atoms with Crippen molar-refractivity contribution in [2.24, 2.45) is 0 Å². The van der Waals surface area contributed by atoms with Crippen LogP contribution in [0.3, 0.4) is 0 Å². The molecule has 0 unspecified atom stereocenters. The van der Waals surface area contributed by atoms with Crippen molar-refractivity contribution < 1.29 is 18.0 Å². The third kappa shape index (κ3) is 4.19. The molecule has 0 N–H and O–H groups in total. The summed E-state index contributed by atoms with van der Waals surface area (Å²) in [5.74, 6) is -0.378. The number of para-hydroxylation sites is 1. The van der Waals surface area contributed by atoms with Crippen LogP contribution in [0.1, 0.15) is 29.3 Å². The van der Waals surface area contributed by atoms with E-state index in [1.54, 1.807) is 29.2 Å². The summed E-state index contributed by atoms with van der Waals surface area (Å²) in [5, 5.41) is 0. The monoisotopic (exact) mass is 386 g/mol. The van der Waals surface area contributed by atoms with Crippen LogP contribution in [-0.2, 0) is 21.2 Å². The number of amides is 1. The zero-order valence-electron chi connectivity index (χ0n) is 15.4. The van der Waals surface area contributed by atoms with E-state index < -0.39 is 10.0 Å². The standard InChI is InChI=1S/C20H22N2O4S/c1-15(23)16-9-11-18(12-10-16)22(27(2,25)26)14-20(24)21-13-5-7-17-6-3-4-8-19(17)21/h3-4,6,8-12H,5,7,13-14H2,1-2H3. The van der Waals surface area contributed by atoms with Gasteiger partial charge < -0.3 is 4.90 Å². The molecule has 0 saturated carbocycles. The van der Waals surface area contributed by atoms with E-state index in [2.05, 4.69) is 0 Å². The van der Waals surface area contributed by atoms with E-state index in [4.69, 9.17) is 0 Å². The molecule has 1 aliphatic rings. The van der Waals surface area contributed by atoms with Gasteiger partial charge in [-0.3, -0.25) is 13.9 Å². The number of carbonyl (C=O) groups excluding carboxylic acids is 2. The number of fused-ring (bicyclic) bond motifs is 1. The SMILES string of the molecule is CC(=O)c1ccc(N(CC(=O)N2CCCc3ccccc32)S(C)(=O)=O)cc1. The molecule has 3 rings (SSSR count). The zero-order chi connectivity index (χ0) is 19.6. The van der Waals surface area contributed by atoms with E-state index in [0.717, 1.165) is 34.7 Å². The quantitative estimate of drug-likeness (QED) is 0.741. The van der Waals surface area contributed by atoms with E-state index in [9.17, 15) is 18.0 Å². The van der Waals surface area contributed by atoms with Gasteiger partial charge in [0, 0.05) is 17.8 Å². The minimum absolute atomic E-state index is 0.103. The van der Waals surface area contributed by atoms with Crippen molar-refractivity contribution in [3.05, 3.63) is 59.7 Å². The van der Waals surface area contributed by atoms with Crippen molar-refractivity contribution in [2.75, 3.05) is 28.6 Å². The Kier molecular flexibility index (Phi) is 5.32. The van der Waals surface area contributed by atoms with Gasteiger partial charge in [0.2, 0.25) is 15.9 Å². The van der Waals surface area contributed by atoms with E-state index >= 15 is 0 Å². The molecule has 7 heteroatoms. The van der Waals surface area contributed by atoms with Crippen LogP contribution >= 0.6 is 0 Å². The minimum atomic E-state index is -3.66. The largest absolute Gasteiger partial charge is 0.311 e. The number of sulfonamides is 1. The maximum Gasteiger partial charge on any atom is 0.247 e.